The van der Waals surface area contributed by atoms with E-state index in [2.05, 4.69) is 34.2 Å². The van der Waals surface area contributed by atoms with E-state index in [1.807, 2.05) is 36.4 Å². The van der Waals surface area contributed by atoms with E-state index >= 15 is 0 Å². The maximum atomic E-state index is 10.2. The number of aliphatic hydroxyl groups is 1. The number of pyridine rings is 1. The summed E-state index contributed by atoms with van der Waals surface area (Å²) in [5.41, 5.74) is 1.90. The lowest BCUT2D eigenvalue weighted by Crippen LogP contribution is -2.25. The molecule has 1 aromatic carbocycles. The maximum absolute atomic E-state index is 10.2. The Hall–Kier alpha value is -2.80. The Kier molecular flexibility index (Phi) is 5.35. The molecule has 0 amide bonds. The molecule has 1 N–H and O–H groups in total. The lowest BCUT2D eigenvalue weighted by Gasteiger charge is -2.16. The fraction of sp³-hybridized carbons (Fsp3) is 0.333. The Balaban J connectivity index is 1.59. The number of rotatable bonds is 7. The zero-order valence-corrected chi connectivity index (χ0v) is 14.3. The van der Waals surface area contributed by atoms with Crippen LogP contribution in [0.2, 0.25) is 0 Å². The van der Waals surface area contributed by atoms with Crippen molar-refractivity contribution in [2.24, 2.45) is 0 Å². The van der Waals surface area contributed by atoms with Crippen molar-refractivity contribution in [1.29, 1.82) is 0 Å². The molecule has 0 aliphatic carbocycles. The number of ether oxygens (including phenoxy) is 1. The second-order valence-corrected chi connectivity index (χ2v) is 6.07. The van der Waals surface area contributed by atoms with Crippen molar-refractivity contribution < 1.29 is 9.84 Å². The van der Waals surface area contributed by atoms with Gasteiger partial charge in [-0.2, -0.15) is 4.80 Å². The van der Waals surface area contributed by atoms with Gasteiger partial charge >= 0.3 is 0 Å². The monoisotopic (exact) mass is 339 g/mol. The molecule has 2 heterocycles. The smallest absolute Gasteiger partial charge is 0.206 e. The van der Waals surface area contributed by atoms with Gasteiger partial charge in [0.05, 0.1) is 6.54 Å². The Morgan fingerprint density at radius 3 is 2.76 bits per heavy atom. The van der Waals surface area contributed by atoms with Gasteiger partial charge in [0, 0.05) is 18.0 Å². The van der Waals surface area contributed by atoms with Gasteiger partial charge in [-0.1, -0.05) is 32.0 Å². The molecule has 3 rings (SSSR count). The molecule has 0 saturated heterocycles. The third-order valence-electron chi connectivity index (χ3n) is 3.72. The van der Waals surface area contributed by atoms with Crippen LogP contribution in [0.4, 0.5) is 0 Å². The third kappa shape index (κ3) is 4.39. The largest absolute Gasteiger partial charge is 0.491 e. The van der Waals surface area contributed by atoms with Crippen LogP contribution in [0.1, 0.15) is 25.3 Å². The molecule has 7 heteroatoms. The fourth-order valence-electron chi connectivity index (χ4n) is 2.45. The van der Waals surface area contributed by atoms with Gasteiger partial charge in [-0.15, -0.1) is 10.2 Å². The van der Waals surface area contributed by atoms with Crippen LogP contribution in [0.3, 0.4) is 0 Å². The number of aliphatic hydroxyl groups excluding tert-OH is 1. The van der Waals surface area contributed by atoms with E-state index < -0.39 is 6.10 Å². The molecule has 25 heavy (non-hydrogen) atoms. The van der Waals surface area contributed by atoms with Crippen molar-refractivity contribution in [3.63, 3.8) is 0 Å². The Labute approximate surface area is 146 Å². The van der Waals surface area contributed by atoms with Crippen molar-refractivity contribution >= 4 is 0 Å². The van der Waals surface area contributed by atoms with Crippen LogP contribution < -0.4 is 4.74 Å². The first-order chi connectivity index (χ1) is 12.1. The number of aromatic nitrogens is 5. The molecule has 0 aliphatic rings. The molecule has 1 unspecified atom stereocenters. The summed E-state index contributed by atoms with van der Waals surface area (Å²) in [6.45, 7) is 4.58. The quantitative estimate of drug-likeness (QED) is 0.711. The van der Waals surface area contributed by atoms with Crippen LogP contribution in [-0.2, 0) is 6.54 Å². The Bertz CT molecular complexity index is 804. The van der Waals surface area contributed by atoms with Crippen LogP contribution in [0.15, 0.2) is 48.8 Å². The van der Waals surface area contributed by atoms with Crippen LogP contribution in [-0.4, -0.2) is 43.0 Å². The lowest BCUT2D eigenvalue weighted by atomic mass is 10.0. The Morgan fingerprint density at radius 2 is 2.00 bits per heavy atom. The van der Waals surface area contributed by atoms with Gasteiger partial charge in [0.1, 0.15) is 18.5 Å². The lowest BCUT2D eigenvalue weighted by molar-refractivity contribution is 0.0844. The molecule has 1 atom stereocenters. The topological polar surface area (TPSA) is 86.0 Å². The highest BCUT2D eigenvalue weighted by Gasteiger charge is 2.13. The number of tetrazole rings is 1. The summed E-state index contributed by atoms with van der Waals surface area (Å²) in [7, 11) is 0. The van der Waals surface area contributed by atoms with Gasteiger partial charge in [-0.25, -0.2) is 0 Å². The minimum absolute atomic E-state index is 0.160. The molecular formula is C18H21N5O2. The SMILES string of the molecule is CC(C)c1ccccc1OCC(O)Cn1nnc(-c2cccnc2)n1. The predicted molar refractivity (Wildman–Crippen MR) is 93.1 cm³/mol. The molecule has 0 spiro atoms. The zero-order chi connectivity index (χ0) is 17.6. The summed E-state index contributed by atoms with van der Waals surface area (Å²) < 4.78 is 5.77. The maximum Gasteiger partial charge on any atom is 0.206 e. The van der Waals surface area contributed by atoms with E-state index in [1.165, 1.54) is 4.80 Å². The minimum Gasteiger partial charge on any atom is -0.491 e. The van der Waals surface area contributed by atoms with E-state index in [0.29, 0.717) is 11.7 Å². The van der Waals surface area contributed by atoms with Crippen LogP contribution in [0, 0.1) is 0 Å². The van der Waals surface area contributed by atoms with E-state index in [0.717, 1.165) is 16.9 Å². The standard InChI is InChI=1S/C18H21N5O2/c1-13(2)16-7-3-4-8-17(16)25-12-15(24)11-23-21-18(20-22-23)14-6-5-9-19-10-14/h3-10,13,15,24H,11-12H2,1-2H3. The minimum atomic E-state index is -0.740. The molecular weight excluding hydrogens is 318 g/mol. The summed E-state index contributed by atoms with van der Waals surface area (Å²) in [5, 5.41) is 22.4. The molecule has 130 valence electrons. The highest BCUT2D eigenvalue weighted by Crippen LogP contribution is 2.25. The summed E-state index contributed by atoms with van der Waals surface area (Å²) >= 11 is 0. The van der Waals surface area contributed by atoms with Crippen LogP contribution >= 0.6 is 0 Å². The third-order valence-corrected chi connectivity index (χ3v) is 3.72. The highest BCUT2D eigenvalue weighted by molar-refractivity contribution is 5.51. The van der Waals surface area contributed by atoms with Gasteiger partial charge in [0.15, 0.2) is 0 Å². The first kappa shape index (κ1) is 17.0. The molecule has 0 radical (unpaired) electrons. The van der Waals surface area contributed by atoms with Crippen molar-refractivity contribution in [3.05, 3.63) is 54.4 Å². The summed E-state index contributed by atoms with van der Waals surface area (Å²) in [6.07, 6.45) is 2.62. The number of hydrogen-bond acceptors (Lipinski definition) is 6. The molecule has 2 aromatic heterocycles. The van der Waals surface area contributed by atoms with Crippen LogP contribution in [0.5, 0.6) is 5.75 Å². The number of nitrogens with zero attached hydrogens (tertiary/aromatic N) is 5. The number of benzene rings is 1. The summed E-state index contributed by atoms with van der Waals surface area (Å²) in [4.78, 5) is 5.40. The van der Waals surface area contributed by atoms with E-state index in [9.17, 15) is 5.11 Å². The van der Waals surface area contributed by atoms with Gasteiger partial charge < -0.3 is 9.84 Å². The average Bonchev–Trinajstić information content (AvgIpc) is 3.09. The predicted octanol–water partition coefficient (Wildman–Crippen LogP) is 2.30. The number of para-hydroxylation sites is 1. The van der Waals surface area contributed by atoms with Gasteiger partial charge in [-0.3, -0.25) is 4.98 Å². The number of hydrogen-bond donors (Lipinski definition) is 1. The van der Waals surface area contributed by atoms with Gasteiger partial charge in [0.25, 0.3) is 0 Å². The summed E-state index contributed by atoms with van der Waals surface area (Å²) in [5.74, 6) is 1.62. The normalized spacial score (nSPS) is 12.3. The Morgan fingerprint density at radius 1 is 1.16 bits per heavy atom. The highest BCUT2D eigenvalue weighted by atomic mass is 16.5. The average molecular weight is 339 g/mol. The molecule has 0 aliphatic heterocycles. The zero-order valence-electron chi connectivity index (χ0n) is 14.3. The van der Waals surface area contributed by atoms with Crippen LogP contribution in [0.25, 0.3) is 11.4 Å². The summed E-state index contributed by atoms with van der Waals surface area (Å²) in [6, 6.07) is 11.5. The van der Waals surface area contributed by atoms with Crippen molar-refractivity contribution in [2.45, 2.75) is 32.4 Å². The molecule has 0 bridgehead atoms. The van der Waals surface area contributed by atoms with Gasteiger partial charge in [0.2, 0.25) is 5.82 Å². The van der Waals surface area contributed by atoms with Crippen molar-refractivity contribution in [3.8, 4) is 17.1 Å². The first-order valence-electron chi connectivity index (χ1n) is 8.21. The molecule has 0 saturated carbocycles. The van der Waals surface area contributed by atoms with Crippen molar-refractivity contribution in [1.82, 2.24) is 25.2 Å². The van der Waals surface area contributed by atoms with E-state index in [-0.39, 0.29) is 13.2 Å². The van der Waals surface area contributed by atoms with Gasteiger partial charge in [-0.05, 0) is 34.9 Å². The second-order valence-electron chi connectivity index (χ2n) is 6.07. The van der Waals surface area contributed by atoms with E-state index in [4.69, 9.17) is 4.74 Å². The molecule has 0 fully saturated rings. The molecule has 3 aromatic rings. The first-order valence-corrected chi connectivity index (χ1v) is 8.21. The van der Waals surface area contributed by atoms with Crippen molar-refractivity contribution in [2.75, 3.05) is 6.61 Å². The fourth-order valence-corrected chi connectivity index (χ4v) is 2.45. The van der Waals surface area contributed by atoms with E-state index in [1.54, 1.807) is 12.4 Å². The second kappa shape index (κ2) is 7.85. The molecule has 7 nitrogen and oxygen atoms in total.